The minimum Gasteiger partial charge on any atom is -0.480 e. The molecule has 0 spiro atoms. The average molecular weight is 368 g/mol. The molecule has 6 nitrogen and oxygen atoms in total. The van der Waals surface area contributed by atoms with Crippen molar-refractivity contribution in [1.29, 1.82) is 0 Å². The summed E-state index contributed by atoms with van der Waals surface area (Å²) in [7, 11) is 0. The van der Waals surface area contributed by atoms with Gasteiger partial charge in [-0.15, -0.1) is 0 Å². The monoisotopic (exact) mass is 368 g/mol. The van der Waals surface area contributed by atoms with Gasteiger partial charge in [-0.05, 0) is 38.3 Å². The molecule has 1 heterocycles. The fourth-order valence-electron chi connectivity index (χ4n) is 2.85. The Morgan fingerprint density at radius 2 is 1.88 bits per heavy atom. The van der Waals surface area contributed by atoms with Crippen molar-refractivity contribution in [2.45, 2.75) is 38.6 Å². The normalized spacial score (nSPS) is 17.5. The molecule has 1 aromatic carbocycles. The second-order valence-electron chi connectivity index (χ2n) is 6.67. The first-order chi connectivity index (χ1) is 12.2. The predicted molar refractivity (Wildman–Crippen MR) is 89.5 cm³/mol. The third-order valence-corrected chi connectivity index (χ3v) is 4.89. The highest BCUT2D eigenvalue weighted by atomic mass is 19.1. The number of likely N-dealkylation sites (tertiary alicyclic amines) is 1. The van der Waals surface area contributed by atoms with Crippen molar-refractivity contribution in [3.05, 3.63) is 35.4 Å². The molecular formula is C18H22F2N2O4. The summed E-state index contributed by atoms with van der Waals surface area (Å²) in [6, 6.07) is 2.78. The van der Waals surface area contributed by atoms with Crippen LogP contribution in [0.25, 0.3) is 0 Å². The topological polar surface area (TPSA) is 86.7 Å². The molecule has 0 aromatic heterocycles. The van der Waals surface area contributed by atoms with E-state index in [1.807, 2.05) is 0 Å². The number of rotatable bonds is 5. The SMILES string of the molecule is CCC(C)(NC(=O)C1CCN(C(=O)c2ccc(F)cc2F)CC1)C(=O)O. The van der Waals surface area contributed by atoms with Gasteiger partial charge in [-0.3, -0.25) is 9.59 Å². The molecule has 0 saturated carbocycles. The average Bonchev–Trinajstić information content (AvgIpc) is 2.61. The second-order valence-corrected chi connectivity index (χ2v) is 6.67. The number of carbonyl (C=O) groups excluding carboxylic acids is 2. The first-order valence-electron chi connectivity index (χ1n) is 8.47. The smallest absolute Gasteiger partial charge is 0.329 e. The predicted octanol–water partition coefficient (Wildman–Crippen LogP) is 2.19. The number of halogens is 2. The molecule has 1 fully saturated rings. The molecule has 1 saturated heterocycles. The second kappa shape index (κ2) is 7.80. The summed E-state index contributed by atoms with van der Waals surface area (Å²) in [6.07, 6.45) is 0.939. The highest BCUT2D eigenvalue weighted by Crippen LogP contribution is 2.22. The van der Waals surface area contributed by atoms with E-state index in [1.165, 1.54) is 11.8 Å². The fraction of sp³-hybridized carbons (Fsp3) is 0.500. The van der Waals surface area contributed by atoms with Crippen LogP contribution >= 0.6 is 0 Å². The van der Waals surface area contributed by atoms with Gasteiger partial charge in [0.1, 0.15) is 17.2 Å². The van der Waals surface area contributed by atoms with Crippen LogP contribution in [0, 0.1) is 17.6 Å². The zero-order valence-corrected chi connectivity index (χ0v) is 14.7. The molecule has 142 valence electrons. The number of carboxylic acids is 1. The molecule has 2 N–H and O–H groups in total. The Morgan fingerprint density at radius 3 is 2.38 bits per heavy atom. The van der Waals surface area contributed by atoms with Crippen molar-refractivity contribution in [3.8, 4) is 0 Å². The number of hydrogen-bond donors (Lipinski definition) is 2. The van der Waals surface area contributed by atoms with Crippen molar-refractivity contribution in [2.75, 3.05) is 13.1 Å². The van der Waals surface area contributed by atoms with E-state index >= 15 is 0 Å². The third-order valence-electron chi connectivity index (χ3n) is 4.89. The maximum Gasteiger partial charge on any atom is 0.329 e. The largest absolute Gasteiger partial charge is 0.480 e. The number of aliphatic carboxylic acids is 1. The van der Waals surface area contributed by atoms with Gasteiger partial charge in [0.25, 0.3) is 5.91 Å². The van der Waals surface area contributed by atoms with E-state index in [4.69, 9.17) is 0 Å². The summed E-state index contributed by atoms with van der Waals surface area (Å²) < 4.78 is 26.7. The molecule has 1 aromatic rings. The lowest BCUT2D eigenvalue weighted by Gasteiger charge is -2.33. The van der Waals surface area contributed by atoms with E-state index in [1.54, 1.807) is 6.92 Å². The zero-order valence-electron chi connectivity index (χ0n) is 14.7. The van der Waals surface area contributed by atoms with Crippen molar-refractivity contribution in [2.24, 2.45) is 5.92 Å². The van der Waals surface area contributed by atoms with Crippen LogP contribution in [0.5, 0.6) is 0 Å². The molecule has 2 amide bonds. The van der Waals surface area contributed by atoms with Crippen molar-refractivity contribution < 1.29 is 28.3 Å². The summed E-state index contributed by atoms with van der Waals surface area (Å²) in [5, 5.41) is 11.8. The third kappa shape index (κ3) is 4.17. The number of carbonyl (C=O) groups is 3. The molecule has 0 aliphatic carbocycles. The maximum absolute atomic E-state index is 13.8. The number of piperidine rings is 1. The van der Waals surface area contributed by atoms with E-state index < -0.39 is 35.0 Å². The van der Waals surface area contributed by atoms with E-state index in [0.29, 0.717) is 18.9 Å². The highest BCUT2D eigenvalue weighted by Gasteiger charge is 2.36. The maximum atomic E-state index is 13.8. The van der Waals surface area contributed by atoms with Gasteiger partial charge >= 0.3 is 5.97 Å². The van der Waals surface area contributed by atoms with Crippen LogP contribution in [0.3, 0.4) is 0 Å². The molecule has 26 heavy (non-hydrogen) atoms. The number of nitrogens with one attached hydrogen (secondary N) is 1. The highest BCUT2D eigenvalue weighted by molar-refractivity contribution is 5.94. The number of amides is 2. The first kappa shape index (κ1) is 19.8. The summed E-state index contributed by atoms with van der Waals surface area (Å²) in [4.78, 5) is 37.4. The molecule has 1 unspecified atom stereocenters. The Balaban J connectivity index is 1.97. The quantitative estimate of drug-likeness (QED) is 0.834. The molecule has 0 radical (unpaired) electrons. The zero-order chi connectivity index (χ0) is 19.5. The number of carboxylic acid groups (broad SMARTS) is 1. The van der Waals surface area contributed by atoms with Gasteiger partial charge in [0.05, 0.1) is 5.56 Å². The fourth-order valence-corrected chi connectivity index (χ4v) is 2.85. The van der Waals surface area contributed by atoms with Crippen LogP contribution in [0.1, 0.15) is 43.5 Å². The molecule has 8 heteroatoms. The van der Waals surface area contributed by atoms with E-state index in [9.17, 15) is 28.3 Å². The molecule has 1 aliphatic heterocycles. The van der Waals surface area contributed by atoms with Crippen molar-refractivity contribution >= 4 is 17.8 Å². The van der Waals surface area contributed by atoms with E-state index in [0.717, 1.165) is 12.1 Å². The lowest BCUT2D eigenvalue weighted by atomic mass is 9.92. The van der Waals surface area contributed by atoms with Crippen LogP contribution < -0.4 is 5.32 Å². The Morgan fingerprint density at radius 1 is 1.27 bits per heavy atom. The van der Waals surface area contributed by atoms with Crippen molar-refractivity contribution in [3.63, 3.8) is 0 Å². The van der Waals surface area contributed by atoms with Crippen LogP contribution in [-0.2, 0) is 9.59 Å². The lowest BCUT2D eigenvalue weighted by molar-refractivity contribution is -0.148. The van der Waals surface area contributed by atoms with Gasteiger partial charge in [0, 0.05) is 25.1 Å². The van der Waals surface area contributed by atoms with Crippen LogP contribution in [0.2, 0.25) is 0 Å². The minimum atomic E-state index is -1.33. The van der Waals surface area contributed by atoms with Crippen LogP contribution in [-0.4, -0.2) is 46.4 Å². The Labute approximate surface area is 150 Å². The molecule has 1 atom stereocenters. The summed E-state index contributed by atoms with van der Waals surface area (Å²) in [5.74, 6) is -4.11. The number of benzene rings is 1. The molecule has 1 aliphatic rings. The minimum absolute atomic E-state index is 0.210. The Hall–Kier alpha value is -2.51. The summed E-state index contributed by atoms with van der Waals surface area (Å²) >= 11 is 0. The summed E-state index contributed by atoms with van der Waals surface area (Å²) in [5.41, 5.74) is -1.54. The Bertz CT molecular complexity index is 717. The molecule has 2 rings (SSSR count). The summed E-state index contributed by atoms with van der Waals surface area (Å²) in [6.45, 7) is 3.60. The van der Waals surface area contributed by atoms with Gasteiger partial charge in [-0.2, -0.15) is 0 Å². The van der Waals surface area contributed by atoms with Gasteiger partial charge in [-0.25, -0.2) is 13.6 Å². The van der Waals surface area contributed by atoms with E-state index in [-0.39, 0.29) is 31.0 Å². The Kier molecular flexibility index (Phi) is 5.94. The number of hydrogen-bond acceptors (Lipinski definition) is 3. The van der Waals surface area contributed by atoms with E-state index in [2.05, 4.69) is 5.32 Å². The van der Waals surface area contributed by atoms with Gasteiger partial charge in [-0.1, -0.05) is 6.92 Å². The standard InChI is InChI=1S/C18H22F2N2O4/c1-3-18(2,17(25)26)21-15(23)11-6-8-22(9-7-11)16(24)13-5-4-12(19)10-14(13)20/h4-5,10-11H,3,6-9H2,1-2H3,(H,21,23)(H,25,26). The van der Waals surface area contributed by atoms with Crippen molar-refractivity contribution in [1.82, 2.24) is 10.2 Å². The molecule has 0 bridgehead atoms. The lowest BCUT2D eigenvalue weighted by Crippen LogP contribution is -2.54. The van der Waals surface area contributed by atoms with Gasteiger partial charge in [0.2, 0.25) is 5.91 Å². The van der Waals surface area contributed by atoms with Gasteiger partial charge < -0.3 is 15.3 Å². The number of nitrogens with zero attached hydrogens (tertiary/aromatic N) is 1. The van der Waals surface area contributed by atoms with Crippen LogP contribution in [0.4, 0.5) is 8.78 Å². The van der Waals surface area contributed by atoms with Gasteiger partial charge in [0.15, 0.2) is 0 Å². The first-order valence-corrected chi connectivity index (χ1v) is 8.47. The van der Waals surface area contributed by atoms with Crippen LogP contribution in [0.15, 0.2) is 18.2 Å². The molecular weight excluding hydrogens is 346 g/mol.